The van der Waals surface area contributed by atoms with Gasteiger partial charge in [0.15, 0.2) is 0 Å². The lowest BCUT2D eigenvalue weighted by Crippen LogP contribution is -2.54. The molecule has 100 valence electrons. The number of hydrogen-bond donors (Lipinski definition) is 1. The van der Waals surface area contributed by atoms with Crippen LogP contribution in [0.4, 0.5) is 0 Å². The van der Waals surface area contributed by atoms with Gasteiger partial charge in [0.25, 0.3) is 0 Å². The Morgan fingerprint density at radius 1 is 1.29 bits per heavy atom. The summed E-state index contributed by atoms with van der Waals surface area (Å²) in [6, 6.07) is 0. The first-order valence-corrected chi connectivity index (χ1v) is 6.80. The molecule has 0 bridgehead atoms. The minimum Gasteiger partial charge on any atom is -0.381 e. The molecule has 1 unspecified atom stereocenters. The lowest BCUT2D eigenvalue weighted by atomic mass is 10.0. The molecule has 2 aliphatic heterocycles. The fourth-order valence-corrected chi connectivity index (χ4v) is 2.57. The third kappa shape index (κ3) is 3.91. The van der Waals surface area contributed by atoms with Crippen LogP contribution in [-0.4, -0.2) is 63.0 Å². The number of hydrogen-bond acceptors (Lipinski definition) is 4. The van der Waals surface area contributed by atoms with Crippen LogP contribution in [0.5, 0.6) is 0 Å². The number of ether oxygens (including phenoxy) is 2. The van der Waals surface area contributed by atoms with Gasteiger partial charge in [-0.15, -0.1) is 0 Å². The van der Waals surface area contributed by atoms with Crippen LogP contribution in [0.15, 0.2) is 0 Å². The summed E-state index contributed by atoms with van der Waals surface area (Å²) in [5.74, 6) is 0.729. The number of nitrogens with one attached hydrogen (secondary N) is 1. The van der Waals surface area contributed by atoms with E-state index in [1.54, 1.807) is 0 Å². The summed E-state index contributed by atoms with van der Waals surface area (Å²) in [4.78, 5) is 2.52. The zero-order chi connectivity index (χ0) is 12.1. The highest BCUT2D eigenvalue weighted by atomic mass is 16.5. The van der Waals surface area contributed by atoms with Crippen molar-refractivity contribution in [1.29, 1.82) is 0 Å². The highest BCUT2D eigenvalue weighted by Crippen LogP contribution is 2.18. The van der Waals surface area contributed by atoms with Gasteiger partial charge in [0.1, 0.15) is 0 Å². The van der Waals surface area contributed by atoms with Crippen molar-refractivity contribution in [3.05, 3.63) is 0 Å². The van der Waals surface area contributed by atoms with Crippen molar-refractivity contribution < 1.29 is 9.47 Å². The smallest absolute Gasteiger partial charge is 0.0645 e. The molecule has 1 N–H and O–H groups in total. The molecular weight excluding hydrogens is 216 g/mol. The van der Waals surface area contributed by atoms with Crippen LogP contribution in [0.25, 0.3) is 0 Å². The Morgan fingerprint density at radius 3 is 2.88 bits per heavy atom. The molecule has 17 heavy (non-hydrogen) atoms. The Hall–Kier alpha value is -0.160. The van der Waals surface area contributed by atoms with Gasteiger partial charge in [0.2, 0.25) is 0 Å². The average Bonchev–Trinajstić information content (AvgIpc) is 2.79. The van der Waals surface area contributed by atoms with Gasteiger partial charge in [-0.05, 0) is 26.2 Å². The molecule has 0 aromatic rings. The van der Waals surface area contributed by atoms with Crippen molar-refractivity contribution in [1.82, 2.24) is 10.2 Å². The highest BCUT2D eigenvalue weighted by molar-refractivity contribution is 4.84. The van der Waals surface area contributed by atoms with Crippen LogP contribution in [0.3, 0.4) is 0 Å². The number of morpholine rings is 1. The first-order valence-electron chi connectivity index (χ1n) is 6.80. The maximum absolute atomic E-state index is 5.52. The Kier molecular flexibility index (Phi) is 4.79. The zero-order valence-corrected chi connectivity index (χ0v) is 11.2. The minimum atomic E-state index is 0.191. The predicted octanol–water partition coefficient (Wildman–Crippen LogP) is 0.723. The molecule has 1 atom stereocenters. The highest BCUT2D eigenvalue weighted by Gasteiger charge is 2.29. The van der Waals surface area contributed by atoms with Crippen LogP contribution in [0.1, 0.15) is 20.3 Å². The second-order valence-corrected chi connectivity index (χ2v) is 5.79. The van der Waals surface area contributed by atoms with E-state index in [2.05, 4.69) is 24.1 Å². The van der Waals surface area contributed by atoms with Crippen molar-refractivity contribution in [2.24, 2.45) is 5.92 Å². The molecule has 2 fully saturated rings. The predicted molar refractivity (Wildman–Crippen MR) is 68.3 cm³/mol. The summed E-state index contributed by atoms with van der Waals surface area (Å²) >= 11 is 0. The van der Waals surface area contributed by atoms with Gasteiger partial charge >= 0.3 is 0 Å². The first kappa shape index (κ1) is 13.3. The van der Waals surface area contributed by atoms with Gasteiger partial charge in [-0.1, -0.05) is 0 Å². The Bertz CT molecular complexity index is 227. The van der Waals surface area contributed by atoms with E-state index in [-0.39, 0.29) is 5.54 Å². The number of nitrogens with zero attached hydrogens (tertiary/aromatic N) is 1. The van der Waals surface area contributed by atoms with Crippen molar-refractivity contribution >= 4 is 0 Å². The number of rotatable bonds is 5. The fourth-order valence-electron chi connectivity index (χ4n) is 2.57. The van der Waals surface area contributed by atoms with E-state index in [0.717, 1.165) is 58.5 Å². The Balaban J connectivity index is 1.60. The van der Waals surface area contributed by atoms with Crippen LogP contribution < -0.4 is 5.32 Å². The molecule has 0 aliphatic carbocycles. The van der Waals surface area contributed by atoms with Crippen LogP contribution in [0.2, 0.25) is 0 Å². The van der Waals surface area contributed by atoms with Crippen LogP contribution in [-0.2, 0) is 9.47 Å². The normalized spacial score (nSPS) is 29.6. The first-order chi connectivity index (χ1) is 8.18. The van der Waals surface area contributed by atoms with Gasteiger partial charge < -0.3 is 14.8 Å². The Morgan fingerprint density at radius 2 is 2.18 bits per heavy atom. The van der Waals surface area contributed by atoms with Gasteiger partial charge in [0.05, 0.1) is 19.8 Å². The molecule has 0 aromatic heterocycles. The molecule has 0 aromatic carbocycles. The van der Waals surface area contributed by atoms with E-state index in [4.69, 9.17) is 9.47 Å². The molecule has 0 spiro atoms. The monoisotopic (exact) mass is 242 g/mol. The summed E-state index contributed by atoms with van der Waals surface area (Å²) < 4.78 is 10.9. The Labute approximate surface area is 105 Å². The molecule has 2 heterocycles. The molecular formula is C13H26N2O2. The lowest BCUT2D eigenvalue weighted by Gasteiger charge is -2.42. The molecule has 2 saturated heterocycles. The van der Waals surface area contributed by atoms with Crippen molar-refractivity contribution in [2.75, 3.05) is 52.6 Å². The summed E-state index contributed by atoms with van der Waals surface area (Å²) in [7, 11) is 0. The molecule has 2 rings (SSSR count). The maximum atomic E-state index is 5.52. The SMILES string of the molecule is CC1(C)COCCN1CCNCC1CCOC1. The van der Waals surface area contributed by atoms with Gasteiger partial charge in [-0.2, -0.15) is 0 Å². The van der Waals surface area contributed by atoms with Crippen molar-refractivity contribution in [3.63, 3.8) is 0 Å². The third-order valence-corrected chi connectivity index (χ3v) is 3.83. The topological polar surface area (TPSA) is 33.7 Å². The van der Waals surface area contributed by atoms with Crippen molar-refractivity contribution in [3.8, 4) is 0 Å². The average molecular weight is 242 g/mol. The van der Waals surface area contributed by atoms with E-state index in [0.29, 0.717) is 0 Å². The van der Waals surface area contributed by atoms with E-state index >= 15 is 0 Å². The molecule has 2 aliphatic rings. The van der Waals surface area contributed by atoms with E-state index in [1.165, 1.54) is 6.42 Å². The second kappa shape index (κ2) is 6.14. The summed E-state index contributed by atoms with van der Waals surface area (Å²) in [6.07, 6.45) is 1.22. The maximum Gasteiger partial charge on any atom is 0.0645 e. The van der Waals surface area contributed by atoms with Gasteiger partial charge in [-0.25, -0.2) is 0 Å². The zero-order valence-electron chi connectivity index (χ0n) is 11.2. The molecule has 4 heteroatoms. The summed E-state index contributed by atoms with van der Waals surface area (Å²) in [5.41, 5.74) is 0.191. The summed E-state index contributed by atoms with van der Waals surface area (Å²) in [6.45, 7) is 12.5. The van der Waals surface area contributed by atoms with Gasteiger partial charge in [-0.3, -0.25) is 4.90 Å². The quantitative estimate of drug-likeness (QED) is 0.721. The molecule has 0 radical (unpaired) electrons. The van der Waals surface area contributed by atoms with Gasteiger partial charge in [0, 0.05) is 38.3 Å². The second-order valence-electron chi connectivity index (χ2n) is 5.79. The largest absolute Gasteiger partial charge is 0.381 e. The fraction of sp³-hybridized carbons (Fsp3) is 1.00. The third-order valence-electron chi connectivity index (χ3n) is 3.83. The molecule has 0 amide bonds. The van der Waals surface area contributed by atoms with Crippen molar-refractivity contribution in [2.45, 2.75) is 25.8 Å². The lowest BCUT2D eigenvalue weighted by molar-refractivity contribution is -0.0500. The van der Waals surface area contributed by atoms with E-state index in [9.17, 15) is 0 Å². The van der Waals surface area contributed by atoms with Crippen LogP contribution >= 0.6 is 0 Å². The van der Waals surface area contributed by atoms with E-state index < -0.39 is 0 Å². The van der Waals surface area contributed by atoms with E-state index in [1.807, 2.05) is 0 Å². The summed E-state index contributed by atoms with van der Waals surface area (Å²) in [5, 5.41) is 3.55. The standard InChI is InChI=1S/C13H26N2O2/c1-13(2)11-17-8-6-15(13)5-4-14-9-12-3-7-16-10-12/h12,14H,3-11H2,1-2H3. The molecule has 4 nitrogen and oxygen atoms in total. The minimum absolute atomic E-state index is 0.191. The molecule has 0 saturated carbocycles. The van der Waals surface area contributed by atoms with Crippen LogP contribution in [0, 0.1) is 5.92 Å².